The van der Waals surface area contributed by atoms with Gasteiger partial charge in [0.05, 0.1) is 12.0 Å². The number of imidazole rings is 1. The largest absolute Gasteiger partial charge is 0.337 e. The van der Waals surface area contributed by atoms with Crippen molar-refractivity contribution in [2.75, 3.05) is 0 Å². The van der Waals surface area contributed by atoms with Crippen LogP contribution in [0, 0.1) is 5.92 Å². The number of hydrogen-bond acceptors (Lipinski definition) is 2. The molecule has 1 heterocycles. The van der Waals surface area contributed by atoms with Gasteiger partial charge >= 0.3 is 0 Å². The molecule has 3 heteroatoms. The molecule has 0 aliphatic heterocycles. The number of aryl methyl sites for hydroxylation is 1. The first-order valence-electron chi connectivity index (χ1n) is 7.58. The zero-order valence-corrected chi connectivity index (χ0v) is 12.1. The maximum atomic E-state index is 4.19. The molecule has 0 bridgehead atoms. The molecule has 1 N–H and O–H groups in total. The van der Waals surface area contributed by atoms with E-state index >= 15 is 0 Å². The Bertz CT molecular complexity index is 526. The Morgan fingerprint density at radius 1 is 1.25 bits per heavy atom. The molecule has 3 nitrogen and oxygen atoms in total. The van der Waals surface area contributed by atoms with Gasteiger partial charge in [-0.05, 0) is 24.3 Å². The number of benzene rings is 1. The summed E-state index contributed by atoms with van der Waals surface area (Å²) in [6.07, 6.45) is 9.26. The van der Waals surface area contributed by atoms with E-state index in [1.807, 2.05) is 12.5 Å². The van der Waals surface area contributed by atoms with Gasteiger partial charge in [-0.25, -0.2) is 4.98 Å². The van der Waals surface area contributed by atoms with Crippen LogP contribution in [0.25, 0.3) is 0 Å². The van der Waals surface area contributed by atoms with E-state index in [0.717, 1.165) is 12.5 Å². The van der Waals surface area contributed by atoms with Gasteiger partial charge in [0.1, 0.15) is 0 Å². The SMILES string of the molecule is Cn1cncc1CNC(c1ccccc1)C1CCCC1. The van der Waals surface area contributed by atoms with E-state index in [2.05, 4.69) is 52.2 Å². The fourth-order valence-corrected chi connectivity index (χ4v) is 3.28. The highest BCUT2D eigenvalue weighted by Gasteiger charge is 2.25. The number of nitrogens with zero attached hydrogens (tertiary/aromatic N) is 2. The van der Waals surface area contributed by atoms with Crippen LogP contribution in [-0.4, -0.2) is 9.55 Å². The lowest BCUT2D eigenvalue weighted by Gasteiger charge is -2.25. The van der Waals surface area contributed by atoms with Gasteiger partial charge in [-0.1, -0.05) is 43.2 Å². The predicted molar refractivity (Wildman–Crippen MR) is 81.2 cm³/mol. The lowest BCUT2D eigenvalue weighted by molar-refractivity contribution is 0.363. The summed E-state index contributed by atoms with van der Waals surface area (Å²) in [5.74, 6) is 0.769. The Labute approximate surface area is 121 Å². The summed E-state index contributed by atoms with van der Waals surface area (Å²) in [6, 6.07) is 11.3. The van der Waals surface area contributed by atoms with Gasteiger partial charge < -0.3 is 9.88 Å². The second kappa shape index (κ2) is 6.23. The molecule has 0 amide bonds. The van der Waals surface area contributed by atoms with Crippen molar-refractivity contribution in [3.8, 4) is 0 Å². The minimum absolute atomic E-state index is 0.466. The number of nitrogens with one attached hydrogen (secondary N) is 1. The van der Waals surface area contributed by atoms with Gasteiger partial charge in [0.2, 0.25) is 0 Å². The van der Waals surface area contributed by atoms with Crippen LogP contribution in [0.15, 0.2) is 42.9 Å². The lowest BCUT2D eigenvalue weighted by Crippen LogP contribution is -2.27. The zero-order chi connectivity index (χ0) is 13.8. The Morgan fingerprint density at radius 2 is 2.00 bits per heavy atom. The monoisotopic (exact) mass is 269 g/mol. The second-order valence-electron chi connectivity index (χ2n) is 5.81. The smallest absolute Gasteiger partial charge is 0.0945 e. The van der Waals surface area contributed by atoms with Crippen molar-refractivity contribution in [3.63, 3.8) is 0 Å². The molecule has 0 saturated heterocycles. The fourth-order valence-electron chi connectivity index (χ4n) is 3.28. The molecule has 1 aromatic carbocycles. The zero-order valence-electron chi connectivity index (χ0n) is 12.1. The predicted octanol–water partition coefficient (Wildman–Crippen LogP) is 3.44. The van der Waals surface area contributed by atoms with Crippen LogP contribution in [0.5, 0.6) is 0 Å². The average Bonchev–Trinajstić information content (AvgIpc) is 3.13. The van der Waals surface area contributed by atoms with Crippen molar-refractivity contribution in [1.29, 1.82) is 0 Å². The molecule has 1 saturated carbocycles. The molecule has 1 fully saturated rings. The molecule has 1 unspecified atom stereocenters. The van der Waals surface area contributed by atoms with Crippen molar-refractivity contribution < 1.29 is 0 Å². The van der Waals surface area contributed by atoms with Gasteiger partial charge in [0.25, 0.3) is 0 Å². The Balaban J connectivity index is 1.74. The summed E-state index contributed by atoms with van der Waals surface area (Å²) in [7, 11) is 2.05. The Morgan fingerprint density at radius 3 is 2.65 bits per heavy atom. The summed E-state index contributed by atoms with van der Waals surface area (Å²) >= 11 is 0. The van der Waals surface area contributed by atoms with Gasteiger partial charge in [0.15, 0.2) is 0 Å². The van der Waals surface area contributed by atoms with Gasteiger partial charge in [-0.3, -0.25) is 0 Å². The van der Waals surface area contributed by atoms with Crippen LogP contribution in [0.2, 0.25) is 0 Å². The first-order chi connectivity index (χ1) is 9.84. The van der Waals surface area contributed by atoms with Crippen molar-refractivity contribution in [3.05, 3.63) is 54.1 Å². The quantitative estimate of drug-likeness (QED) is 0.901. The Hall–Kier alpha value is -1.61. The molecule has 1 aliphatic rings. The third kappa shape index (κ3) is 2.93. The third-order valence-corrected chi connectivity index (χ3v) is 4.45. The standard InChI is InChI=1S/C17H23N3/c1-20-13-18-11-16(20)12-19-17(15-9-5-6-10-15)14-7-3-2-4-8-14/h2-4,7-8,11,13,15,17,19H,5-6,9-10,12H2,1H3. The van der Waals surface area contributed by atoms with Crippen LogP contribution in [0.3, 0.4) is 0 Å². The summed E-state index contributed by atoms with van der Waals surface area (Å²) in [5, 5.41) is 3.76. The number of aromatic nitrogens is 2. The van der Waals surface area contributed by atoms with Crippen LogP contribution in [0.1, 0.15) is 43.0 Å². The molecule has 1 aliphatic carbocycles. The molecular weight excluding hydrogens is 246 g/mol. The van der Waals surface area contributed by atoms with Gasteiger partial charge in [-0.15, -0.1) is 0 Å². The first kappa shape index (κ1) is 13.4. The molecule has 0 spiro atoms. The molecule has 20 heavy (non-hydrogen) atoms. The molecule has 3 rings (SSSR count). The van der Waals surface area contributed by atoms with Crippen molar-refractivity contribution >= 4 is 0 Å². The van der Waals surface area contributed by atoms with E-state index in [1.54, 1.807) is 0 Å². The summed E-state index contributed by atoms with van der Waals surface area (Å²) in [4.78, 5) is 4.19. The molecule has 2 aromatic rings. The minimum atomic E-state index is 0.466. The maximum Gasteiger partial charge on any atom is 0.0945 e. The topological polar surface area (TPSA) is 29.9 Å². The van der Waals surface area contributed by atoms with Crippen LogP contribution >= 0.6 is 0 Å². The minimum Gasteiger partial charge on any atom is -0.337 e. The van der Waals surface area contributed by atoms with Crippen LogP contribution < -0.4 is 5.32 Å². The summed E-state index contributed by atoms with van der Waals surface area (Å²) in [6.45, 7) is 0.882. The van der Waals surface area contributed by atoms with Gasteiger partial charge in [0, 0.05) is 25.8 Å². The highest BCUT2D eigenvalue weighted by Crippen LogP contribution is 2.35. The maximum absolute atomic E-state index is 4.19. The number of rotatable bonds is 5. The molecule has 106 valence electrons. The van der Waals surface area contributed by atoms with E-state index < -0.39 is 0 Å². The van der Waals surface area contributed by atoms with E-state index in [1.165, 1.54) is 36.9 Å². The van der Waals surface area contributed by atoms with Crippen molar-refractivity contribution in [2.24, 2.45) is 13.0 Å². The lowest BCUT2D eigenvalue weighted by atomic mass is 9.91. The molecular formula is C17H23N3. The summed E-state index contributed by atoms with van der Waals surface area (Å²) in [5.41, 5.74) is 2.66. The van der Waals surface area contributed by atoms with E-state index in [9.17, 15) is 0 Å². The van der Waals surface area contributed by atoms with Crippen LogP contribution in [-0.2, 0) is 13.6 Å². The third-order valence-electron chi connectivity index (χ3n) is 4.45. The highest BCUT2D eigenvalue weighted by atomic mass is 15.1. The average molecular weight is 269 g/mol. The Kier molecular flexibility index (Phi) is 4.16. The van der Waals surface area contributed by atoms with E-state index in [4.69, 9.17) is 0 Å². The van der Waals surface area contributed by atoms with E-state index in [0.29, 0.717) is 6.04 Å². The molecule has 1 atom stereocenters. The number of hydrogen-bond donors (Lipinski definition) is 1. The fraction of sp³-hybridized carbons (Fsp3) is 0.471. The van der Waals surface area contributed by atoms with Crippen molar-refractivity contribution in [1.82, 2.24) is 14.9 Å². The van der Waals surface area contributed by atoms with Gasteiger partial charge in [-0.2, -0.15) is 0 Å². The molecule has 0 radical (unpaired) electrons. The van der Waals surface area contributed by atoms with E-state index in [-0.39, 0.29) is 0 Å². The second-order valence-corrected chi connectivity index (χ2v) is 5.81. The van der Waals surface area contributed by atoms with Crippen LogP contribution in [0.4, 0.5) is 0 Å². The highest BCUT2D eigenvalue weighted by molar-refractivity contribution is 5.20. The summed E-state index contributed by atoms with van der Waals surface area (Å²) < 4.78 is 2.09. The van der Waals surface area contributed by atoms with Crippen molar-refractivity contribution in [2.45, 2.75) is 38.3 Å². The first-order valence-corrected chi connectivity index (χ1v) is 7.58. The molecule has 1 aromatic heterocycles. The normalized spacial score (nSPS) is 17.4.